The van der Waals surface area contributed by atoms with Crippen LogP contribution in [0.2, 0.25) is 0 Å². The second-order valence-electron chi connectivity index (χ2n) is 4.38. The highest BCUT2D eigenvalue weighted by atomic mass is 16.6. The number of cyclic esters (lactones) is 1. The molecule has 0 radical (unpaired) electrons. The third-order valence-corrected chi connectivity index (χ3v) is 3.00. The molecule has 0 aromatic heterocycles. The van der Waals surface area contributed by atoms with E-state index < -0.39 is 24.7 Å². The van der Waals surface area contributed by atoms with Crippen molar-refractivity contribution in [3.05, 3.63) is 35.9 Å². The van der Waals surface area contributed by atoms with Crippen LogP contribution in [0.1, 0.15) is 19.8 Å². The average Bonchev–Trinajstić information content (AvgIpc) is 2.85. The van der Waals surface area contributed by atoms with Crippen molar-refractivity contribution in [1.29, 1.82) is 0 Å². The van der Waals surface area contributed by atoms with Gasteiger partial charge in [0.2, 0.25) is 0 Å². The molecule has 6 heteroatoms. The highest BCUT2D eigenvalue weighted by Crippen LogP contribution is 2.18. The lowest BCUT2D eigenvalue weighted by Crippen LogP contribution is -2.38. The average molecular weight is 280 g/mol. The molecule has 0 aliphatic carbocycles. The molecule has 1 fully saturated rings. The molecule has 108 valence electrons. The standard InChI is InChI=1S/C14H17NO5/c16-8-4-7-12-13(17)20-10-15(12)14(18)19-9-11-5-2-1-3-6-11/h1-3,5-6,12,16H,4,7-10H2/t12-/m0/s1/i8D/t8-,12+/m1. The van der Waals surface area contributed by atoms with Crippen LogP contribution >= 0.6 is 0 Å². The van der Waals surface area contributed by atoms with Gasteiger partial charge in [-0.05, 0) is 18.4 Å². The fourth-order valence-corrected chi connectivity index (χ4v) is 1.93. The molecule has 1 aliphatic heterocycles. The number of ether oxygens (including phenoxy) is 2. The minimum absolute atomic E-state index is 0.0855. The molecule has 20 heavy (non-hydrogen) atoms. The van der Waals surface area contributed by atoms with Crippen molar-refractivity contribution in [1.82, 2.24) is 4.90 Å². The molecule has 1 aliphatic rings. The van der Waals surface area contributed by atoms with Gasteiger partial charge in [-0.2, -0.15) is 0 Å². The number of esters is 1. The van der Waals surface area contributed by atoms with Crippen molar-refractivity contribution in [3.63, 3.8) is 0 Å². The number of aliphatic hydroxyl groups excluding tert-OH is 1. The molecule has 0 spiro atoms. The summed E-state index contributed by atoms with van der Waals surface area (Å²) in [5.41, 5.74) is 0.843. The zero-order valence-corrected chi connectivity index (χ0v) is 10.9. The van der Waals surface area contributed by atoms with Gasteiger partial charge < -0.3 is 14.6 Å². The molecular weight excluding hydrogens is 262 g/mol. The minimum Gasteiger partial charge on any atom is -0.444 e. The van der Waals surface area contributed by atoms with E-state index in [0.29, 0.717) is 0 Å². The van der Waals surface area contributed by atoms with Crippen LogP contribution in [-0.2, 0) is 20.9 Å². The fraction of sp³-hybridized carbons (Fsp3) is 0.429. The highest BCUT2D eigenvalue weighted by Gasteiger charge is 2.38. The zero-order chi connectivity index (χ0) is 15.2. The second kappa shape index (κ2) is 6.91. The molecule has 1 N–H and O–H groups in total. The van der Waals surface area contributed by atoms with E-state index in [1.165, 1.54) is 4.90 Å². The number of carbonyl (C=O) groups excluding carboxylic acids is 2. The van der Waals surface area contributed by atoms with Crippen molar-refractivity contribution in [3.8, 4) is 0 Å². The molecular formula is C14H17NO5. The van der Waals surface area contributed by atoms with Crippen molar-refractivity contribution >= 4 is 12.1 Å². The third kappa shape index (κ3) is 3.48. The molecule has 0 saturated carbocycles. The molecule has 0 bridgehead atoms. The topological polar surface area (TPSA) is 76.1 Å². The molecule has 6 nitrogen and oxygen atoms in total. The monoisotopic (exact) mass is 280 g/mol. The maximum atomic E-state index is 12.0. The first-order valence-electron chi connectivity index (χ1n) is 6.90. The molecule has 1 heterocycles. The van der Waals surface area contributed by atoms with E-state index in [1.807, 2.05) is 30.3 Å². The Kier molecular flexibility index (Phi) is 4.46. The van der Waals surface area contributed by atoms with E-state index in [9.17, 15) is 9.59 Å². The van der Waals surface area contributed by atoms with Gasteiger partial charge in [0, 0.05) is 6.58 Å². The molecule has 1 amide bonds. The van der Waals surface area contributed by atoms with Gasteiger partial charge in [-0.15, -0.1) is 0 Å². The summed E-state index contributed by atoms with van der Waals surface area (Å²) in [5, 5.41) is 8.96. The lowest BCUT2D eigenvalue weighted by atomic mass is 10.1. The summed E-state index contributed by atoms with van der Waals surface area (Å²) in [4.78, 5) is 24.7. The Balaban J connectivity index is 1.89. The van der Waals surface area contributed by atoms with Gasteiger partial charge in [0.25, 0.3) is 0 Å². The number of amides is 1. The smallest absolute Gasteiger partial charge is 0.413 e. The predicted octanol–water partition coefficient (Wildman–Crippen LogP) is 1.28. The van der Waals surface area contributed by atoms with Gasteiger partial charge in [-0.3, -0.25) is 4.90 Å². The van der Waals surface area contributed by atoms with Crippen molar-refractivity contribution in [2.75, 3.05) is 13.3 Å². The quantitative estimate of drug-likeness (QED) is 0.822. The maximum absolute atomic E-state index is 12.0. The number of carbonyl (C=O) groups is 2. The minimum atomic E-state index is -1.28. The number of hydrogen-bond acceptors (Lipinski definition) is 5. The molecule has 0 unspecified atom stereocenters. The summed E-state index contributed by atoms with van der Waals surface area (Å²) in [5.74, 6) is -0.535. The van der Waals surface area contributed by atoms with Crippen molar-refractivity contribution < 1.29 is 25.5 Å². The SMILES string of the molecule is [2H][C@@H](O)CC[C@H]1C(=O)OCN1C(=O)OCc1ccccc1. The molecule has 2 atom stereocenters. The Labute approximate surface area is 118 Å². The summed E-state index contributed by atoms with van der Waals surface area (Å²) >= 11 is 0. The number of hydrogen-bond donors (Lipinski definition) is 1. The third-order valence-electron chi connectivity index (χ3n) is 3.00. The zero-order valence-electron chi connectivity index (χ0n) is 11.9. The van der Waals surface area contributed by atoms with Crippen molar-refractivity contribution in [2.24, 2.45) is 0 Å². The molecule has 1 saturated heterocycles. The Morgan fingerprint density at radius 3 is 2.95 bits per heavy atom. The van der Waals surface area contributed by atoms with Gasteiger partial charge >= 0.3 is 12.1 Å². The van der Waals surface area contributed by atoms with Crippen LogP contribution in [-0.4, -0.2) is 41.4 Å². The molecule has 1 aromatic rings. The van der Waals surface area contributed by atoms with Gasteiger partial charge in [0.1, 0.15) is 12.6 Å². The predicted molar refractivity (Wildman–Crippen MR) is 69.5 cm³/mol. The second-order valence-corrected chi connectivity index (χ2v) is 4.38. The van der Waals surface area contributed by atoms with E-state index in [0.717, 1.165) is 5.56 Å². The summed E-state index contributed by atoms with van der Waals surface area (Å²) in [7, 11) is 0. The highest BCUT2D eigenvalue weighted by molar-refractivity contribution is 5.83. The molecule has 2 rings (SSSR count). The van der Waals surface area contributed by atoms with E-state index in [-0.39, 0.29) is 26.2 Å². The largest absolute Gasteiger partial charge is 0.444 e. The van der Waals surface area contributed by atoms with Gasteiger partial charge in [-0.25, -0.2) is 9.59 Å². The first-order chi connectivity index (χ1) is 10.1. The Hall–Kier alpha value is -2.08. The van der Waals surface area contributed by atoms with Crippen LogP contribution in [0.4, 0.5) is 4.79 Å². The summed E-state index contributed by atoms with van der Waals surface area (Å²) < 4.78 is 17.0. The Morgan fingerprint density at radius 1 is 1.50 bits per heavy atom. The first kappa shape index (κ1) is 12.9. The number of benzene rings is 1. The van der Waals surface area contributed by atoms with Crippen LogP contribution in [0.25, 0.3) is 0 Å². The normalized spacial score (nSPS) is 20.2. The Morgan fingerprint density at radius 2 is 2.25 bits per heavy atom. The first-order valence-corrected chi connectivity index (χ1v) is 6.32. The van der Waals surface area contributed by atoms with E-state index in [2.05, 4.69) is 0 Å². The lowest BCUT2D eigenvalue weighted by molar-refractivity contribution is -0.139. The maximum Gasteiger partial charge on any atom is 0.413 e. The van der Waals surface area contributed by atoms with Crippen LogP contribution < -0.4 is 0 Å². The number of aliphatic hydroxyl groups is 1. The fourth-order valence-electron chi connectivity index (χ4n) is 1.93. The van der Waals surface area contributed by atoms with Crippen LogP contribution in [0.5, 0.6) is 0 Å². The van der Waals surface area contributed by atoms with Gasteiger partial charge in [-0.1, -0.05) is 30.3 Å². The summed E-state index contributed by atoms with van der Waals surface area (Å²) in [6.07, 6.45) is -0.388. The van der Waals surface area contributed by atoms with Crippen LogP contribution in [0.15, 0.2) is 30.3 Å². The Bertz CT molecular complexity index is 493. The van der Waals surface area contributed by atoms with E-state index in [4.69, 9.17) is 16.0 Å². The summed E-state index contributed by atoms with van der Waals surface area (Å²) in [6, 6.07) is 8.39. The summed E-state index contributed by atoms with van der Waals surface area (Å²) in [6.45, 7) is -1.33. The van der Waals surface area contributed by atoms with Crippen LogP contribution in [0, 0.1) is 0 Å². The number of rotatable bonds is 5. The number of nitrogens with zero attached hydrogens (tertiary/aromatic N) is 1. The van der Waals surface area contributed by atoms with E-state index >= 15 is 0 Å². The van der Waals surface area contributed by atoms with Gasteiger partial charge in [0.15, 0.2) is 6.73 Å². The lowest BCUT2D eigenvalue weighted by Gasteiger charge is -2.19. The molecule has 1 aromatic carbocycles. The van der Waals surface area contributed by atoms with Gasteiger partial charge in [0.05, 0.1) is 1.37 Å². The van der Waals surface area contributed by atoms with E-state index in [1.54, 1.807) is 0 Å². The van der Waals surface area contributed by atoms with Crippen LogP contribution in [0.3, 0.4) is 0 Å². The van der Waals surface area contributed by atoms with Crippen molar-refractivity contribution in [2.45, 2.75) is 25.5 Å².